The number of aliphatic hydroxyl groups is 1. The first-order valence-electron chi connectivity index (χ1n) is 11.1. The van der Waals surface area contributed by atoms with Gasteiger partial charge in [0, 0.05) is 50.4 Å². The maximum absolute atomic E-state index is 9.33. The van der Waals surface area contributed by atoms with Crippen LogP contribution in [0.2, 0.25) is 5.02 Å². The van der Waals surface area contributed by atoms with Gasteiger partial charge in [-0.2, -0.15) is 0 Å². The predicted molar refractivity (Wildman–Crippen MR) is 124 cm³/mol. The minimum atomic E-state index is 0.239. The van der Waals surface area contributed by atoms with Crippen molar-refractivity contribution in [3.63, 3.8) is 0 Å². The van der Waals surface area contributed by atoms with Gasteiger partial charge in [0.1, 0.15) is 0 Å². The molecule has 5 nitrogen and oxygen atoms in total. The summed E-state index contributed by atoms with van der Waals surface area (Å²) in [5, 5.41) is 17.1. The number of nitrogens with one attached hydrogen (secondary N) is 2. The van der Waals surface area contributed by atoms with E-state index in [1.165, 1.54) is 5.56 Å². The Bertz CT molecular complexity index is 597. The van der Waals surface area contributed by atoms with Crippen LogP contribution in [-0.2, 0) is 6.54 Å². The van der Waals surface area contributed by atoms with Gasteiger partial charge in [-0.25, -0.2) is 0 Å². The Balaban J connectivity index is 1.82. The first kappa shape index (κ1) is 24.0. The molecule has 0 saturated carbocycles. The SMILES string of the molecule is CCNC(=NCC(CCO)CC(C)C)NC1CCN(Cc2ccc(Cl)cc2)CC1. The summed E-state index contributed by atoms with van der Waals surface area (Å²) in [5.74, 6) is 1.98. The Hall–Kier alpha value is -1.30. The fourth-order valence-electron chi connectivity index (χ4n) is 3.95. The number of nitrogens with zero attached hydrogens (tertiary/aromatic N) is 2. The van der Waals surface area contributed by atoms with Crippen molar-refractivity contribution in [3.05, 3.63) is 34.9 Å². The van der Waals surface area contributed by atoms with Crippen molar-refractivity contribution in [2.75, 3.05) is 32.8 Å². The van der Waals surface area contributed by atoms with Gasteiger partial charge in [0.2, 0.25) is 0 Å². The molecule has 1 saturated heterocycles. The minimum Gasteiger partial charge on any atom is -0.396 e. The molecule has 29 heavy (non-hydrogen) atoms. The van der Waals surface area contributed by atoms with Crippen molar-refractivity contribution in [2.45, 2.75) is 59.0 Å². The van der Waals surface area contributed by atoms with Crippen LogP contribution in [0.15, 0.2) is 29.3 Å². The van der Waals surface area contributed by atoms with Crippen LogP contribution in [0.3, 0.4) is 0 Å². The quantitative estimate of drug-likeness (QED) is 0.395. The number of hydrogen-bond acceptors (Lipinski definition) is 3. The standard InChI is InChI=1S/C23H39ClN4O/c1-4-25-23(26-16-20(11-14-29)15-18(2)3)27-22-9-12-28(13-10-22)17-19-5-7-21(24)8-6-19/h5-8,18,20,22,29H,4,9-17H2,1-3H3,(H2,25,26,27). The average molecular weight is 423 g/mol. The van der Waals surface area contributed by atoms with Crippen LogP contribution in [0.5, 0.6) is 0 Å². The summed E-state index contributed by atoms with van der Waals surface area (Å²) in [4.78, 5) is 7.34. The van der Waals surface area contributed by atoms with E-state index in [9.17, 15) is 5.11 Å². The van der Waals surface area contributed by atoms with Crippen molar-refractivity contribution >= 4 is 17.6 Å². The van der Waals surface area contributed by atoms with E-state index >= 15 is 0 Å². The average Bonchev–Trinajstić information content (AvgIpc) is 2.69. The Morgan fingerprint density at radius 1 is 1.24 bits per heavy atom. The van der Waals surface area contributed by atoms with E-state index in [2.05, 4.69) is 48.4 Å². The van der Waals surface area contributed by atoms with Crippen LogP contribution in [0, 0.1) is 11.8 Å². The highest BCUT2D eigenvalue weighted by Crippen LogP contribution is 2.17. The molecule has 0 bridgehead atoms. The topological polar surface area (TPSA) is 59.9 Å². The summed E-state index contributed by atoms with van der Waals surface area (Å²) in [6.45, 7) is 11.6. The van der Waals surface area contributed by atoms with Gasteiger partial charge in [0.25, 0.3) is 0 Å². The number of hydrogen-bond donors (Lipinski definition) is 3. The van der Waals surface area contributed by atoms with Crippen molar-refractivity contribution in [1.29, 1.82) is 0 Å². The molecule has 1 fully saturated rings. The molecule has 164 valence electrons. The van der Waals surface area contributed by atoms with Gasteiger partial charge in [-0.15, -0.1) is 0 Å². The molecule has 1 heterocycles. The van der Waals surface area contributed by atoms with Gasteiger partial charge < -0.3 is 15.7 Å². The molecule has 1 aromatic carbocycles. The van der Waals surface area contributed by atoms with Gasteiger partial charge in [0.05, 0.1) is 0 Å². The summed E-state index contributed by atoms with van der Waals surface area (Å²) in [5.41, 5.74) is 1.32. The van der Waals surface area contributed by atoms with Gasteiger partial charge >= 0.3 is 0 Å². The van der Waals surface area contributed by atoms with E-state index in [1.807, 2.05) is 12.1 Å². The Morgan fingerprint density at radius 2 is 1.93 bits per heavy atom. The van der Waals surface area contributed by atoms with Crippen molar-refractivity contribution < 1.29 is 5.11 Å². The number of aliphatic imine (C=N–C) groups is 1. The van der Waals surface area contributed by atoms with Crippen molar-refractivity contribution in [1.82, 2.24) is 15.5 Å². The lowest BCUT2D eigenvalue weighted by atomic mass is 9.94. The molecule has 1 atom stereocenters. The Kier molecular flexibility index (Phi) is 10.8. The number of halogens is 1. The summed E-state index contributed by atoms with van der Waals surface area (Å²) in [6, 6.07) is 8.61. The Morgan fingerprint density at radius 3 is 2.52 bits per heavy atom. The lowest BCUT2D eigenvalue weighted by molar-refractivity contribution is 0.198. The van der Waals surface area contributed by atoms with E-state index in [0.717, 1.165) is 69.4 Å². The van der Waals surface area contributed by atoms with E-state index in [1.54, 1.807) is 0 Å². The minimum absolute atomic E-state index is 0.239. The third kappa shape index (κ3) is 9.37. The highest BCUT2D eigenvalue weighted by atomic mass is 35.5. The lowest BCUT2D eigenvalue weighted by Gasteiger charge is -2.33. The van der Waals surface area contributed by atoms with Crippen LogP contribution in [0.25, 0.3) is 0 Å². The maximum atomic E-state index is 9.33. The highest BCUT2D eigenvalue weighted by Gasteiger charge is 2.20. The van der Waals surface area contributed by atoms with E-state index < -0.39 is 0 Å². The molecule has 1 aliphatic rings. The molecular weight excluding hydrogens is 384 g/mol. The zero-order valence-corrected chi connectivity index (χ0v) is 19.1. The van der Waals surface area contributed by atoms with Gasteiger partial charge in [-0.3, -0.25) is 9.89 Å². The molecule has 1 aliphatic heterocycles. The number of benzene rings is 1. The molecule has 2 rings (SSSR count). The first-order valence-corrected chi connectivity index (χ1v) is 11.5. The first-order chi connectivity index (χ1) is 14.0. The zero-order chi connectivity index (χ0) is 21.1. The molecule has 1 aromatic rings. The summed E-state index contributed by atoms with van der Waals surface area (Å²) in [6.07, 6.45) is 4.16. The molecule has 0 radical (unpaired) electrons. The molecule has 0 spiro atoms. The van der Waals surface area contributed by atoms with Gasteiger partial charge in [-0.1, -0.05) is 37.6 Å². The Labute approximate surface area is 181 Å². The zero-order valence-electron chi connectivity index (χ0n) is 18.3. The fourth-order valence-corrected chi connectivity index (χ4v) is 4.08. The molecule has 1 unspecified atom stereocenters. The molecule has 0 aliphatic carbocycles. The van der Waals surface area contributed by atoms with Gasteiger partial charge in [-0.05, 0) is 62.1 Å². The number of guanidine groups is 1. The van der Waals surface area contributed by atoms with E-state index in [0.29, 0.717) is 17.9 Å². The molecule has 0 aromatic heterocycles. The highest BCUT2D eigenvalue weighted by molar-refractivity contribution is 6.30. The summed E-state index contributed by atoms with van der Waals surface area (Å²) >= 11 is 5.98. The summed E-state index contributed by atoms with van der Waals surface area (Å²) < 4.78 is 0. The predicted octanol–water partition coefficient (Wildman–Crippen LogP) is 3.90. The normalized spacial score (nSPS) is 17.5. The van der Waals surface area contributed by atoms with Crippen molar-refractivity contribution in [2.24, 2.45) is 16.8 Å². The number of rotatable bonds is 10. The van der Waals surface area contributed by atoms with E-state index in [-0.39, 0.29) is 6.61 Å². The number of aliphatic hydroxyl groups excluding tert-OH is 1. The third-order valence-corrected chi connectivity index (χ3v) is 5.69. The molecule has 0 amide bonds. The second-order valence-corrected chi connectivity index (χ2v) is 8.99. The fraction of sp³-hybridized carbons (Fsp3) is 0.696. The third-order valence-electron chi connectivity index (χ3n) is 5.44. The van der Waals surface area contributed by atoms with Crippen LogP contribution < -0.4 is 10.6 Å². The smallest absolute Gasteiger partial charge is 0.191 e. The van der Waals surface area contributed by atoms with Crippen molar-refractivity contribution in [3.8, 4) is 0 Å². The van der Waals surface area contributed by atoms with Crippen LogP contribution in [-0.4, -0.2) is 54.8 Å². The number of likely N-dealkylation sites (tertiary alicyclic amines) is 1. The monoisotopic (exact) mass is 422 g/mol. The maximum Gasteiger partial charge on any atom is 0.191 e. The number of piperidine rings is 1. The lowest BCUT2D eigenvalue weighted by Crippen LogP contribution is -2.48. The van der Waals surface area contributed by atoms with Crippen LogP contribution in [0.1, 0.15) is 52.0 Å². The summed E-state index contributed by atoms with van der Waals surface area (Å²) in [7, 11) is 0. The van der Waals surface area contributed by atoms with Gasteiger partial charge in [0.15, 0.2) is 5.96 Å². The second-order valence-electron chi connectivity index (χ2n) is 8.55. The molecule has 6 heteroatoms. The second kappa shape index (κ2) is 13.1. The largest absolute Gasteiger partial charge is 0.396 e. The molecule has 3 N–H and O–H groups in total. The molecular formula is C23H39ClN4O. The van der Waals surface area contributed by atoms with Crippen LogP contribution in [0.4, 0.5) is 0 Å². The van der Waals surface area contributed by atoms with Crippen LogP contribution >= 0.6 is 11.6 Å². The van der Waals surface area contributed by atoms with E-state index in [4.69, 9.17) is 16.6 Å².